The summed E-state index contributed by atoms with van der Waals surface area (Å²) in [5.74, 6) is 0.927. The molecule has 0 N–H and O–H groups in total. The maximum absolute atomic E-state index is 12.8. The molecule has 1 aliphatic heterocycles. The Labute approximate surface area is 257 Å². The van der Waals surface area contributed by atoms with Crippen molar-refractivity contribution in [2.45, 2.75) is 52.6 Å². The third-order valence-corrected chi connectivity index (χ3v) is 7.11. The number of anilines is 1. The van der Waals surface area contributed by atoms with Gasteiger partial charge in [-0.2, -0.15) is 5.26 Å². The molecule has 2 aromatic heterocycles. The van der Waals surface area contributed by atoms with Crippen LogP contribution in [0.2, 0.25) is 0 Å². The van der Waals surface area contributed by atoms with Crippen molar-refractivity contribution in [3.05, 3.63) is 95.3 Å². The summed E-state index contributed by atoms with van der Waals surface area (Å²) in [6.07, 6.45) is 5.29. The molecule has 0 atom stereocenters. The SMILES string of the molecule is CCOC(=O)/C=C(/c1ccc(C#N)cc1)n1ccc2cc(OCCc3ccc4c(n3)N(C(=O)OC(C)(C)C)CCC4)ccc21. The van der Waals surface area contributed by atoms with Gasteiger partial charge < -0.3 is 18.8 Å². The summed E-state index contributed by atoms with van der Waals surface area (Å²) < 4.78 is 18.8. The molecule has 5 rings (SSSR count). The fourth-order valence-corrected chi connectivity index (χ4v) is 5.11. The highest BCUT2D eigenvalue weighted by Crippen LogP contribution is 2.29. The van der Waals surface area contributed by atoms with Crippen molar-refractivity contribution in [1.82, 2.24) is 9.55 Å². The Bertz CT molecular complexity index is 1740. The van der Waals surface area contributed by atoms with E-state index in [1.54, 1.807) is 24.0 Å². The lowest BCUT2D eigenvalue weighted by Crippen LogP contribution is -2.40. The second-order valence-corrected chi connectivity index (χ2v) is 11.5. The molecule has 0 fully saturated rings. The van der Waals surface area contributed by atoms with Crippen molar-refractivity contribution in [2.24, 2.45) is 0 Å². The van der Waals surface area contributed by atoms with Crippen LogP contribution < -0.4 is 9.64 Å². The van der Waals surface area contributed by atoms with Gasteiger partial charge >= 0.3 is 12.1 Å². The maximum Gasteiger partial charge on any atom is 0.416 e. The fourth-order valence-electron chi connectivity index (χ4n) is 5.11. The van der Waals surface area contributed by atoms with Gasteiger partial charge in [0.2, 0.25) is 0 Å². The zero-order valence-electron chi connectivity index (χ0n) is 25.5. The molecule has 0 saturated carbocycles. The molecule has 44 heavy (non-hydrogen) atoms. The van der Waals surface area contributed by atoms with Crippen LogP contribution in [0.1, 0.15) is 56.5 Å². The van der Waals surface area contributed by atoms with Gasteiger partial charge in [-0.1, -0.05) is 18.2 Å². The molecule has 0 saturated heterocycles. The van der Waals surface area contributed by atoms with E-state index in [2.05, 4.69) is 6.07 Å². The molecule has 0 aliphatic carbocycles. The molecule has 0 spiro atoms. The van der Waals surface area contributed by atoms with E-state index in [0.29, 0.717) is 42.4 Å². The van der Waals surface area contributed by atoms with Crippen molar-refractivity contribution in [1.29, 1.82) is 5.26 Å². The molecule has 2 aromatic carbocycles. The first kappa shape index (κ1) is 30.4. The van der Waals surface area contributed by atoms with Crippen molar-refractivity contribution in [3.63, 3.8) is 0 Å². The second kappa shape index (κ2) is 13.0. The molecule has 0 unspecified atom stereocenters. The Morgan fingerprint density at radius 2 is 1.86 bits per heavy atom. The number of fused-ring (bicyclic) bond motifs is 2. The lowest BCUT2D eigenvalue weighted by molar-refractivity contribution is -0.137. The Kier molecular flexibility index (Phi) is 9.00. The Balaban J connectivity index is 1.31. The first-order valence-corrected chi connectivity index (χ1v) is 14.8. The van der Waals surface area contributed by atoms with E-state index in [0.717, 1.165) is 40.6 Å². The van der Waals surface area contributed by atoms with Crippen LogP contribution in [0.3, 0.4) is 0 Å². The number of carbonyl (C=O) groups excluding carboxylic acids is 2. The lowest BCUT2D eigenvalue weighted by atomic mass is 10.1. The number of rotatable bonds is 8. The predicted octanol–water partition coefficient (Wildman–Crippen LogP) is 6.67. The van der Waals surface area contributed by atoms with Gasteiger partial charge in [-0.05, 0) is 94.1 Å². The quantitative estimate of drug-likeness (QED) is 0.166. The average molecular weight is 593 g/mol. The normalized spacial score (nSPS) is 13.2. The number of esters is 1. The second-order valence-electron chi connectivity index (χ2n) is 11.5. The van der Waals surface area contributed by atoms with Crippen LogP contribution in [0.15, 0.2) is 72.9 Å². The molecule has 9 nitrogen and oxygen atoms in total. The van der Waals surface area contributed by atoms with E-state index >= 15 is 0 Å². The molecule has 9 heteroatoms. The highest BCUT2D eigenvalue weighted by atomic mass is 16.6. The van der Waals surface area contributed by atoms with E-state index in [-0.39, 0.29) is 12.7 Å². The molecule has 226 valence electrons. The summed E-state index contributed by atoms with van der Waals surface area (Å²) in [5, 5.41) is 10.1. The monoisotopic (exact) mass is 592 g/mol. The van der Waals surface area contributed by atoms with Crippen LogP contribution in [-0.2, 0) is 27.1 Å². The number of ether oxygens (including phenoxy) is 3. The van der Waals surface area contributed by atoms with Crippen molar-refractivity contribution in [3.8, 4) is 11.8 Å². The van der Waals surface area contributed by atoms with Crippen LogP contribution in [-0.4, -0.2) is 47.0 Å². The van der Waals surface area contributed by atoms with Gasteiger partial charge in [-0.25, -0.2) is 14.6 Å². The number of aryl methyl sites for hydroxylation is 1. The number of pyridine rings is 1. The van der Waals surface area contributed by atoms with Gasteiger partial charge in [0.05, 0.1) is 36.1 Å². The first-order chi connectivity index (χ1) is 21.1. The van der Waals surface area contributed by atoms with Gasteiger partial charge in [-0.3, -0.25) is 4.90 Å². The molecule has 4 aromatic rings. The summed E-state index contributed by atoms with van der Waals surface area (Å²) >= 11 is 0. The lowest BCUT2D eigenvalue weighted by Gasteiger charge is -2.31. The number of amides is 1. The molecule has 1 aliphatic rings. The van der Waals surface area contributed by atoms with Crippen molar-refractivity contribution >= 4 is 34.5 Å². The maximum atomic E-state index is 12.8. The number of benzene rings is 2. The summed E-state index contributed by atoms with van der Waals surface area (Å²) in [5.41, 5.74) is 4.13. The van der Waals surface area contributed by atoms with Crippen LogP contribution in [0.4, 0.5) is 10.6 Å². The Hall–Kier alpha value is -5.10. The zero-order chi connectivity index (χ0) is 31.3. The van der Waals surface area contributed by atoms with Crippen LogP contribution >= 0.6 is 0 Å². The highest BCUT2D eigenvalue weighted by molar-refractivity contribution is 5.95. The summed E-state index contributed by atoms with van der Waals surface area (Å²) in [6.45, 7) is 8.60. The molecular weight excluding hydrogens is 556 g/mol. The minimum Gasteiger partial charge on any atom is -0.493 e. The van der Waals surface area contributed by atoms with Gasteiger partial charge in [-0.15, -0.1) is 0 Å². The van der Waals surface area contributed by atoms with E-state index < -0.39 is 11.6 Å². The number of nitriles is 1. The Morgan fingerprint density at radius 3 is 2.59 bits per heavy atom. The predicted molar refractivity (Wildman–Crippen MR) is 168 cm³/mol. The summed E-state index contributed by atoms with van der Waals surface area (Å²) in [6, 6.07) is 21.0. The first-order valence-electron chi connectivity index (χ1n) is 14.8. The Morgan fingerprint density at radius 1 is 1.07 bits per heavy atom. The largest absolute Gasteiger partial charge is 0.493 e. The number of hydrogen-bond acceptors (Lipinski definition) is 7. The summed E-state index contributed by atoms with van der Waals surface area (Å²) in [7, 11) is 0. The molecular formula is C35H36N4O5. The third kappa shape index (κ3) is 7.09. The number of hydrogen-bond donors (Lipinski definition) is 0. The van der Waals surface area contributed by atoms with E-state index in [4.69, 9.17) is 19.2 Å². The van der Waals surface area contributed by atoms with Crippen LogP contribution in [0.5, 0.6) is 5.75 Å². The number of aromatic nitrogens is 2. The minimum atomic E-state index is -0.579. The highest BCUT2D eigenvalue weighted by Gasteiger charge is 2.28. The van der Waals surface area contributed by atoms with Crippen molar-refractivity contribution in [2.75, 3.05) is 24.7 Å². The van der Waals surface area contributed by atoms with Crippen molar-refractivity contribution < 1.29 is 23.8 Å². The van der Waals surface area contributed by atoms with Gasteiger partial charge in [0.25, 0.3) is 0 Å². The van der Waals surface area contributed by atoms with E-state index in [1.165, 1.54) is 6.08 Å². The van der Waals surface area contributed by atoms with Crippen LogP contribution in [0.25, 0.3) is 16.6 Å². The summed E-state index contributed by atoms with van der Waals surface area (Å²) in [4.78, 5) is 31.7. The standard InChI is InChI=1S/C35H36N4O5/c1-5-42-32(40)22-31(25-10-8-24(23-36)9-11-25)38-19-16-27-21-29(14-15-30(27)38)43-20-17-28-13-12-26-7-6-18-39(33(26)37-28)34(41)44-35(2,3)4/h8-16,19,21-22H,5-7,17-18,20H2,1-4H3/b31-22-. The minimum absolute atomic E-state index is 0.270. The number of nitrogens with zero attached hydrogens (tertiary/aromatic N) is 4. The smallest absolute Gasteiger partial charge is 0.416 e. The fraction of sp³-hybridized carbons (Fsp3) is 0.314. The zero-order valence-corrected chi connectivity index (χ0v) is 25.5. The average Bonchev–Trinajstić information content (AvgIpc) is 3.42. The molecule has 0 radical (unpaired) electrons. The molecule has 0 bridgehead atoms. The van der Waals surface area contributed by atoms with E-state index in [9.17, 15) is 14.9 Å². The van der Waals surface area contributed by atoms with Gasteiger partial charge in [0, 0.05) is 36.3 Å². The third-order valence-electron chi connectivity index (χ3n) is 7.11. The molecule has 3 heterocycles. The number of carbonyl (C=O) groups is 2. The van der Waals surface area contributed by atoms with Gasteiger partial charge in [0.15, 0.2) is 0 Å². The molecule has 1 amide bonds. The van der Waals surface area contributed by atoms with Gasteiger partial charge in [0.1, 0.15) is 17.2 Å². The topological polar surface area (TPSA) is 107 Å². The van der Waals surface area contributed by atoms with Crippen LogP contribution in [0, 0.1) is 11.3 Å². The van der Waals surface area contributed by atoms with E-state index in [1.807, 2.05) is 80.1 Å².